The molecule has 0 aliphatic heterocycles. The van der Waals surface area contributed by atoms with Crippen LogP contribution in [0, 0.1) is 0 Å². The summed E-state index contributed by atoms with van der Waals surface area (Å²) in [6.45, 7) is 2.09. The number of halogens is 3. The zero-order valence-electron chi connectivity index (χ0n) is 13.1. The molecule has 0 saturated heterocycles. The Morgan fingerprint density at radius 3 is 2.22 bits per heavy atom. The fourth-order valence-corrected chi connectivity index (χ4v) is 2.25. The number of unbranched alkanes of at least 4 members (excludes halogenated alkanes) is 3. The summed E-state index contributed by atoms with van der Waals surface area (Å²) >= 11 is 0. The molecule has 0 aliphatic rings. The van der Waals surface area contributed by atoms with E-state index in [9.17, 15) is 22.8 Å². The molecule has 23 heavy (non-hydrogen) atoms. The number of esters is 1. The monoisotopic (exact) mass is 330 g/mol. The molecule has 0 unspecified atom stereocenters. The largest absolute Gasteiger partial charge is 0.466 e. The van der Waals surface area contributed by atoms with E-state index in [1.807, 2.05) is 0 Å². The topological polar surface area (TPSA) is 43.4 Å². The zero-order valence-corrected chi connectivity index (χ0v) is 13.1. The number of ether oxygens (including phenoxy) is 1. The van der Waals surface area contributed by atoms with Crippen LogP contribution in [-0.4, -0.2) is 18.4 Å². The van der Waals surface area contributed by atoms with Gasteiger partial charge in [0, 0.05) is 18.4 Å². The predicted molar refractivity (Wildman–Crippen MR) is 80.1 cm³/mol. The summed E-state index contributed by atoms with van der Waals surface area (Å²) in [6.07, 6.45) is -1.51. The first kappa shape index (κ1) is 19.2. The van der Waals surface area contributed by atoms with E-state index in [1.54, 1.807) is 6.92 Å². The van der Waals surface area contributed by atoms with Gasteiger partial charge in [0.25, 0.3) is 0 Å². The van der Waals surface area contributed by atoms with Crippen molar-refractivity contribution >= 4 is 11.8 Å². The molecule has 6 heteroatoms. The van der Waals surface area contributed by atoms with Crippen LogP contribution in [0.2, 0.25) is 0 Å². The summed E-state index contributed by atoms with van der Waals surface area (Å²) in [5, 5.41) is 0. The molecule has 0 N–H and O–H groups in total. The molecule has 0 radical (unpaired) electrons. The van der Waals surface area contributed by atoms with E-state index in [-0.39, 0.29) is 18.0 Å². The lowest BCUT2D eigenvalue weighted by atomic mass is 9.99. The fourth-order valence-electron chi connectivity index (χ4n) is 2.25. The van der Waals surface area contributed by atoms with Crippen molar-refractivity contribution in [2.75, 3.05) is 6.61 Å². The van der Waals surface area contributed by atoms with E-state index in [4.69, 9.17) is 4.74 Å². The van der Waals surface area contributed by atoms with Crippen LogP contribution in [0.3, 0.4) is 0 Å². The SMILES string of the molecule is CCOC(=O)CCCCCCC(=O)c1ccccc1C(F)(F)F. The number of hydrogen-bond acceptors (Lipinski definition) is 3. The van der Waals surface area contributed by atoms with Crippen molar-refractivity contribution in [3.63, 3.8) is 0 Å². The summed E-state index contributed by atoms with van der Waals surface area (Å²) in [5.41, 5.74) is -1.15. The average Bonchev–Trinajstić information content (AvgIpc) is 2.50. The standard InChI is InChI=1S/C17H21F3O3/c1-2-23-16(22)12-6-4-3-5-11-15(21)13-9-7-8-10-14(13)17(18,19)20/h7-10H,2-6,11-12H2,1H3. The van der Waals surface area contributed by atoms with E-state index >= 15 is 0 Å². The highest BCUT2D eigenvalue weighted by Gasteiger charge is 2.34. The van der Waals surface area contributed by atoms with Crippen LogP contribution in [0.5, 0.6) is 0 Å². The van der Waals surface area contributed by atoms with Gasteiger partial charge in [0.1, 0.15) is 0 Å². The van der Waals surface area contributed by atoms with Crippen LogP contribution in [0.4, 0.5) is 13.2 Å². The second-order valence-corrected chi connectivity index (χ2v) is 5.19. The average molecular weight is 330 g/mol. The molecule has 1 aromatic carbocycles. The van der Waals surface area contributed by atoms with Gasteiger partial charge in [-0.2, -0.15) is 13.2 Å². The molecule has 128 valence electrons. The highest BCUT2D eigenvalue weighted by atomic mass is 19.4. The van der Waals surface area contributed by atoms with Crippen LogP contribution >= 0.6 is 0 Å². The highest BCUT2D eigenvalue weighted by Crippen LogP contribution is 2.32. The number of hydrogen-bond donors (Lipinski definition) is 0. The van der Waals surface area contributed by atoms with Gasteiger partial charge < -0.3 is 4.74 Å². The number of carbonyl (C=O) groups is 2. The quantitative estimate of drug-likeness (QED) is 0.371. The third-order valence-corrected chi connectivity index (χ3v) is 3.37. The number of Topliss-reactive ketones (excluding diaryl/α,β-unsaturated/α-hetero) is 1. The van der Waals surface area contributed by atoms with E-state index < -0.39 is 17.5 Å². The molecule has 0 aromatic heterocycles. The molecule has 0 heterocycles. The van der Waals surface area contributed by atoms with Crippen LogP contribution in [0.25, 0.3) is 0 Å². The van der Waals surface area contributed by atoms with Crippen molar-refractivity contribution < 1.29 is 27.5 Å². The highest BCUT2D eigenvalue weighted by molar-refractivity contribution is 5.97. The van der Waals surface area contributed by atoms with Crippen molar-refractivity contribution in [2.45, 2.75) is 51.6 Å². The Bertz CT molecular complexity index is 524. The lowest BCUT2D eigenvalue weighted by Gasteiger charge is -2.11. The molecule has 0 spiro atoms. The van der Waals surface area contributed by atoms with Crippen molar-refractivity contribution in [1.29, 1.82) is 0 Å². The maximum atomic E-state index is 12.8. The van der Waals surface area contributed by atoms with Gasteiger partial charge in [-0.05, 0) is 25.8 Å². The van der Waals surface area contributed by atoms with E-state index in [2.05, 4.69) is 0 Å². The molecule has 1 aromatic rings. The van der Waals surface area contributed by atoms with Gasteiger partial charge in [-0.25, -0.2) is 0 Å². The first-order chi connectivity index (χ1) is 10.9. The van der Waals surface area contributed by atoms with Gasteiger partial charge in [0.2, 0.25) is 0 Å². The Kier molecular flexibility index (Phi) is 7.78. The Hall–Kier alpha value is -1.85. The molecule has 3 nitrogen and oxygen atoms in total. The van der Waals surface area contributed by atoms with Gasteiger partial charge in [-0.3, -0.25) is 9.59 Å². The van der Waals surface area contributed by atoms with Crippen molar-refractivity contribution in [2.24, 2.45) is 0 Å². The van der Waals surface area contributed by atoms with Crippen LogP contribution < -0.4 is 0 Å². The third kappa shape index (κ3) is 6.84. The van der Waals surface area contributed by atoms with Crippen molar-refractivity contribution in [3.8, 4) is 0 Å². The van der Waals surface area contributed by atoms with Crippen LogP contribution in [-0.2, 0) is 15.7 Å². The minimum atomic E-state index is -4.52. The lowest BCUT2D eigenvalue weighted by Crippen LogP contribution is -2.12. The number of carbonyl (C=O) groups excluding carboxylic acids is 2. The number of ketones is 1. The summed E-state index contributed by atoms with van der Waals surface area (Å²) < 4.78 is 43.3. The van der Waals surface area contributed by atoms with Gasteiger partial charge in [-0.1, -0.05) is 31.0 Å². The molecular weight excluding hydrogens is 309 g/mol. The van der Waals surface area contributed by atoms with Gasteiger partial charge >= 0.3 is 12.1 Å². The molecule has 0 fully saturated rings. The van der Waals surface area contributed by atoms with E-state index in [0.717, 1.165) is 12.5 Å². The lowest BCUT2D eigenvalue weighted by molar-refractivity contribution is -0.143. The van der Waals surface area contributed by atoms with Gasteiger partial charge in [-0.15, -0.1) is 0 Å². The summed E-state index contributed by atoms with van der Waals surface area (Å²) in [5.74, 6) is -0.744. The maximum absolute atomic E-state index is 12.8. The molecule has 0 saturated carbocycles. The minimum absolute atomic E-state index is 0.0759. The van der Waals surface area contributed by atoms with E-state index in [1.165, 1.54) is 18.2 Å². The maximum Gasteiger partial charge on any atom is 0.417 e. The number of rotatable bonds is 9. The van der Waals surface area contributed by atoms with Gasteiger partial charge in [0.05, 0.1) is 12.2 Å². The number of benzene rings is 1. The fraction of sp³-hybridized carbons (Fsp3) is 0.529. The first-order valence-corrected chi connectivity index (χ1v) is 7.71. The van der Waals surface area contributed by atoms with Crippen LogP contribution in [0.1, 0.15) is 61.4 Å². The normalized spacial score (nSPS) is 11.3. The second-order valence-electron chi connectivity index (χ2n) is 5.19. The molecule has 1 rings (SSSR count). The Morgan fingerprint density at radius 2 is 1.61 bits per heavy atom. The minimum Gasteiger partial charge on any atom is -0.466 e. The zero-order chi connectivity index (χ0) is 17.3. The molecule has 0 bridgehead atoms. The smallest absolute Gasteiger partial charge is 0.417 e. The number of alkyl halides is 3. The second kappa shape index (κ2) is 9.33. The third-order valence-electron chi connectivity index (χ3n) is 3.37. The predicted octanol–water partition coefficient (Wildman–Crippen LogP) is 4.79. The summed E-state index contributed by atoms with van der Waals surface area (Å²) in [6, 6.07) is 4.84. The summed E-state index contributed by atoms with van der Waals surface area (Å²) in [7, 11) is 0. The van der Waals surface area contributed by atoms with Gasteiger partial charge in [0.15, 0.2) is 5.78 Å². The molecular formula is C17H21F3O3. The molecule has 0 atom stereocenters. The Balaban J connectivity index is 2.37. The van der Waals surface area contributed by atoms with Crippen molar-refractivity contribution in [1.82, 2.24) is 0 Å². The van der Waals surface area contributed by atoms with Crippen LogP contribution in [0.15, 0.2) is 24.3 Å². The van der Waals surface area contributed by atoms with Crippen molar-refractivity contribution in [3.05, 3.63) is 35.4 Å². The summed E-state index contributed by atoms with van der Waals surface area (Å²) in [4.78, 5) is 23.1. The molecule has 0 amide bonds. The first-order valence-electron chi connectivity index (χ1n) is 7.71. The molecule has 0 aliphatic carbocycles. The Labute approximate surface area is 133 Å². The van der Waals surface area contributed by atoms with E-state index in [0.29, 0.717) is 32.3 Å². The Morgan fingerprint density at radius 1 is 1.00 bits per heavy atom.